The standard InChI is InChI=1S/C36H48FN5O8/c1-34(2,3)50-32(46)39-27-13-8-6-4-5-7-11-23-17-36(23,31(45)38-21-35(48)14-15-35)40-29(43)28-16-24(19-42(28)30(27)44)49-33(47)41-18-22-10-9-12-26(37)25(22)20-41/h7,9-12,23-24,27-28,48H,4-6,8,13-21H2,1-3H3,(H,38,45)(H,39,46)(H,40,43)/b11-7-/t23-,24+,27-,28-,36+/m0/s1. The number of nitrogens with one attached hydrogen (secondary N) is 3. The molecule has 0 unspecified atom stereocenters. The highest BCUT2D eigenvalue weighted by molar-refractivity contribution is 5.98. The molecule has 2 saturated carbocycles. The predicted octanol–water partition coefficient (Wildman–Crippen LogP) is 3.18. The highest BCUT2D eigenvalue weighted by Crippen LogP contribution is 2.46. The second-order valence-corrected chi connectivity index (χ2v) is 15.4. The highest BCUT2D eigenvalue weighted by Gasteiger charge is 2.61. The Bertz CT molecular complexity index is 1560. The van der Waals surface area contributed by atoms with Crippen molar-refractivity contribution in [2.24, 2.45) is 5.92 Å². The molecule has 1 saturated heterocycles. The number of rotatable bonds is 5. The van der Waals surface area contributed by atoms with Gasteiger partial charge < -0.3 is 35.4 Å². The highest BCUT2D eigenvalue weighted by atomic mass is 19.1. The topological polar surface area (TPSA) is 167 Å². The monoisotopic (exact) mass is 697 g/mol. The van der Waals surface area contributed by atoms with Crippen LogP contribution in [0.5, 0.6) is 0 Å². The zero-order valence-electron chi connectivity index (χ0n) is 29.0. The zero-order valence-corrected chi connectivity index (χ0v) is 29.0. The molecule has 0 radical (unpaired) electrons. The van der Waals surface area contributed by atoms with Crippen LogP contribution in [0.4, 0.5) is 14.0 Å². The van der Waals surface area contributed by atoms with E-state index in [0.29, 0.717) is 43.2 Å². The van der Waals surface area contributed by atoms with Gasteiger partial charge in [-0.15, -0.1) is 0 Å². The van der Waals surface area contributed by atoms with Crippen molar-refractivity contribution in [3.63, 3.8) is 0 Å². The van der Waals surface area contributed by atoms with Gasteiger partial charge in [-0.3, -0.25) is 19.3 Å². The Kier molecular flexibility index (Phi) is 9.86. The Morgan fingerprint density at radius 1 is 1.12 bits per heavy atom. The normalized spacial score (nSPS) is 29.6. The molecule has 1 aromatic carbocycles. The molecule has 1 aromatic rings. The third-order valence-corrected chi connectivity index (χ3v) is 10.2. The number of fused-ring (bicyclic) bond motifs is 3. The van der Waals surface area contributed by atoms with Crippen molar-refractivity contribution in [3.05, 3.63) is 47.3 Å². The van der Waals surface area contributed by atoms with Crippen LogP contribution in [0.2, 0.25) is 0 Å². The molecular weight excluding hydrogens is 649 g/mol. The first kappa shape index (κ1) is 35.6. The number of allylic oxidation sites excluding steroid dienone is 1. The van der Waals surface area contributed by atoms with Crippen LogP contribution in [0, 0.1) is 11.7 Å². The Balaban J connectivity index is 1.23. The van der Waals surface area contributed by atoms with Crippen molar-refractivity contribution in [1.82, 2.24) is 25.8 Å². The van der Waals surface area contributed by atoms with Crippen LogP contribution in [0.3, 0.4) is 0 Å². The van der Waals surface area contributed by atoms with E-state index in [1.807, 2.05) is 12.2 Å². The summed E-state index contributed by atoms with van der Waals surface area (Å²) in [6.45, 7) is 5.29. The molecule has 272 valence electrons. The van der Waals surface area contributed by atoms with Crippen molar-refractivity contribution in [2.75, 3.05) is 13.1 Å². The van der Waals surface area contributed by atoms with E-state index < -0.39 is 70.7 Å². The van der Waals surface area contributed by atoms with Gasteiger partial charge in [-0.1, -0.05) is 37.1 Å². The Labute approximate surface area is 291 Å². The maximum Gasteiger partial charge on any atom is 0.410 e. The minimum absolute atomic E-state index is 0.0314. The number of halogens is 1. The van der Waals surface area contributed by atoms with Crippen molar-refractivity contribution in [2.45, 2.75) is 127 Å². The number of ether oxygens (including phenoxy) is 2. The van der Waals surface area contributed by atoms with Crippen LogP contribution in [-0.4, -0.2) is 92.8 Å². The predicted molar refractivity (Wildman–Crippen MR) is 178 cm³/mol. The summed E-state index contributed by atoms with van der Waals surface area (Å²) in [6.07, 6.45) is 6.33. The van der Waals surface area contributed by atoms with Crippen LogP contribution >= 0.6 is 0 Å². The first-order valence-corrected chi connectivity index (χ1v) is 17.7. The van der Waals surface area contributed by atoms with Gasteiger partial charge >= 0.3 is 12.2 Å². The average molecular weight is 698 g/mol. The molecule has 5 amide bonds. The van der Waals surface area contributed by atoms with Gasteiger partial charge in [0.2, 0.25) is 17.7 Å². The molecule has 0 spiro atoms. The van der Waals surface area contributed by atoms with Gasteiger partial charge in [-0.05, 0) is 70.9 Å². The second kappa shape index (κ2) is 13.8. The summed E-state index contributed by atoms with van der Waals surface area (Å²) in [5, 5.41) is 18.8. The number of alkyl carbamates (subject to hydrolysis) is 1. The van der Waals surface area contributed by atoms with E-state index in [0.717, 1.165) is 19.3 Å². The minimum atomic E-state index is -1.26. The van der Waals surface area contributed by atoms with Crippen LogP contribution in [-0.2, 0) is 36.9 Å². The molecule has 5 atom stereocenters. The van der Waals surface area contributed by atoms with Crippen LogP contribution in [0.1, 0.15) is 89.7 Å². The first-order chi connectivity index (χ1) is 23.7. The molecule has 2 aliphatic carbocycles. The molecule has 3 fully saturated rings. The molecule has 0 bridgehead atoms. The van der Waals surface area contributed by atoms with E-state index >= 15 is 0 Å². The molecule has 3 heterocycles. The maximum atomic E-state index is 14.4. The van der Waals surface area contributed by atoms with E-state index in [-0.39, 0.29) is 38.5 Å². The lowest BCUT2D eigenvalue weighted by molar-refractivity contribution is -0.141. The van der Waals surface area contributed by atoms with E-state index in [1.54, 1.807) is 32.9 Å². The fraction of sp³-hybridized carbons (Fsp3) is 0.639. The quantitative estimate of drug-likeness (QED) is 0.341. The van der Waals surface area contributed by atoms with Crippen molar-refractivity contribution >= 4 is 29.9 Å². The van der Waals surface area contributed by atoms with Crippen LogP contribution in [0.15, 0.2) is 30.4 Å². The fourth-order valence-electron chi connectivity index (χ4n) is 7.07. The van der Waals surface area contributed by atoms with Gasteiger partial charge in [0, 0.05) is 31.0 Å². The second-order valence-electron chi connectivity index (χ2n) is 15.4. The van der Waals surface area contributed by atoms with Gasteiger partial charge in [0.25, 0.3) is 0 Å². The molecule has 4 N–H and O–H groups in total. The number of carbonyl (C=O) groups excluding carboxylic acids is 5. The Morgan fingerprint density at radius 3 is 2.62 bits per heavy atom. The molecule has 50 heavy (non-hydrogen) atoms. The summed E-state index contributed by atoms with van der Waals surface area (Å²) in [7, 11) is 0. The van der Waals surface area contributed by atoms with Gasteiger partial charge in [0.15, 0.2) is 0 Å². The van der Waals surface area contributed by atoms with Crippen molar-refractivity contribution in [1.29, 1.82) is 0 Å². The number of benzene rings is 1. The number of hydrogen-bond acceptors (Lipinski definition) is 8. The first-order valence-electron chi connectivity index (χ1n) is 17.7. The lowest BCUT2D eigenvalue weighted by Crippen LogP contribution is -2.58. The SMILES string of the molecule is CC(C)(C)OC(=O)N[C@H]1CCCCC/C=C\[C@H]2C[C@@]2(C(=O)NCC2(O)CC2)NC(=O)[C@@H]2C[C@@H](OC(=O)N3Cc4cccc(F)c4C3)CN2C1=O. The Hall–Kier alpha value is -4.20. The minimum Gasteiger partial charge on any atom is -0.444 e. The van der Waals surface area contributed by atoms with Crippen molar-refractivity contribution < 1.29 is 42.9 Å². The summed E-state index contributed by atoms with van der Waals surface area (Å²) in [5.41, 5.74) is -1.91. The van der Waals surface area contributed by atoms with Crippen LogP contribution in [0.25, 0.3) is 0 Å². The molecule has 0 aromatic heterocycles. The third kappa shape index (κ3) is 8.06. The summed E-state index contributed by atoms with van der Waals surface area (Å²) >= 11 is 0. The van der Waals surface area contributed by atoms with E-state index in [1.165, 1.54) is 15.9 Å². The molecule has 6 rings (SSSR count). The van der Waals surface area contributed by atoms with E-state index in [4.69, 9.17) is 9.47 Å². The maximum absolute atomic E-state index is 14.4. The molecule has 13 nitrogen and oxygen atoms in total. The molecular formula is C36H48FN5O8. The molecule has 5 aliphatic rings. The number of carbonyl (C=O) groups is 5. The molecule has 3 aliphatic heterocycles. The van der Waals surface area contributed by atoms with Gasteiger partial charge in [-0.25, -0.2) is 14.0 Å². The molecule has 14 heteroatoms. The lowest BCUT2D eigenvalue weighted by Gasteiger charge is -2.30. The Morgan fingerprint density at radius 2 is 1.90 bits per heavy atom. The average Bonchev–Trinajstić information content (AvgIpc) is 3.81. The van der Waals surface area contributed by atoms with E-state index in [9.17, 15) is 33.5 Å². The van der Waals surface area contributed by atoms with Crippen LogP contribution < -0.4 is 16.0 Å². The van der Waals surface area contributed by atoms with Gasteiger partial charge in [-0.2, -0.15) is 0 Å². The summed E-state index contributed by atoms with van der Waals surface area (Å²) in [5.74, 6) is -2.21. The number of aliphatic hydroxyl groups is 1. The van der Waals surface area contributed by atoms with E-state index in [2.05, 4.69) is 16.0 Å². The lowest BCUT2D eigenvalue weighted by atomic mass is 10.0. The summed E-state index contributed by atoms with van der Waals surface area (Å²) in [6, 6.07) is 2.53. The summed E-state index contributed by atoms with van der Waals surface area (Å²) in [4.78, 5) is 70.9. The number of nitrogens with zero attached hydrogens (tertiary/aromatic N) is 2. The largest absolute Gasteiger partial charge is 0.444 e. The third-order valence-electron chi connectivity index (χ3n) is 10.2. The number of hydrogen-bond donors (Lipinski definition) is 4. The summed E-state index contributed by atoms with van der Waals surface area (Å²) < 4.78 is 25.7. The fourth-order valence-corrected chi connectivity index (χ4v) is 7.07. The zero-order chi connectivity index (χ0) is 35.8. The number of amides is 5. The van der Waals surface area contributed by atoms with Gasteiger partial charge in [0.05, 0.1) is 18.7 Å². The van der Waals surface area contributed by atoms with Crippen molar-refractivity contribution in [3.8, 4) is 0 Å². The van der Waals surface area contributed by atoms with Gasteiger partial charge in [0.1, 0.15) is 35.1 Å². The smallest absolute Gasteiger partial charge is 0.410 e.